The van der Waals surface area contributed by atoms with E-state index in [1.807, 2.05) is 4.90 Å². The van der Waals surface area contributed by atoms with Gasteiger partial charge in [0.05, 0.1) is 18.9 Å². The molecule has 0 aliphatic heterocycles. The average Bonchev–Trinajstić information content (AvgIpc) is 2.15. The summed E-state index contributed by atoms with van der Waals surface area (Å²) in [6.07, 6.45) is 0.302. The predicted molar refractivity (Wildman–Crippen MR) is 55.5 cm³/mol. The van der Waals surface area contributed by atoms with Gasteiger partial charge in [0.2, 0.25) is 0 Å². The molecule has 88 valence electrons. The SMILES string of the molecule is CCOC(=O)CCN(C)CC(C)C(=O)O. The number of carbonyl (C=O) groups excluding carboxylic acids is 1. The zero-order valence-electron chi connectivity index (χ0n) is 9.52. The summed E-state index contributed by atoms with van der Waals surface area (Å²) in [6, 6.07) is 0. The molecular weight excluding hydrogens is 198 g/mol. The van der Waals surface area contributed by atoms with E-state index in [4.69, 9.17) is 9.84 Å². The van der Waals surface area contributed by atoms with Crippen molar-refractivity contribution in [2.75, 3.05) is 26.7 Å². The van der Waals surface area contributed by atoms with Crippen LogP contribution in [0.2, 0.25) is 0 Å². The summed E-state index contributed by atoms with van der Waals surface area (Å²) in [5.41, 5.74) is 0. The zero-order chi connectivity index (χ0) is 11.8. The summed E-state index contributed by atoms with van der Waals surface area (Å²) in [5.74, 6) is -1.48. The van der Waals surface area contributed by atoms with Crippen LogP contribution in [0, 0.1) is 5.92 Å². The molecule has 1 unspecified atom stereocenters. The highest BCUT2D eigenvalue weighted by Crippen LogP contribution is 1.99. The van der Waals surface area contributed by atoms with Crippen molar-refractivity contribution in [1.82, 2.24) is 4.90 Å². The molecule has 0 aliphatic rings. The Balaban J connectivity index is 3.70. The monoisotopic (exact) mass is 217 g/mol. The fourth-order valence-corrected chi connectivity index (χ4v) is 1.15. The molecule has 0 saturated carbocycles. The lowest BCUT2D eigenvalue weighted by Crippen LogP contribution is -2.30. The van der Waals surface area contributed by atoms with Crippen LogP contribution in [0.15, 0.2) is 0 Å². The first-order valence-electron chi connectivity index (χ1n) is 5.04. The van der Waals surface area contributed by atoms with E-state index in [1.54, 1.807) is 20.9 Å². The Morgan fingerprint density at radius 1 is 1.47 bits per heavy atom. The second kappa shape index (κ2) is 7.23. The Morgan fingerprint density at radius 3 is 2.53 bits per heavy atom. The smallest absolute Gasteiger partial charge is 0.307 e. The molecule has 0 spiro atoms. The van der Waals surface area contributed by atoms with Crippen LogP contribution in [0.5, 0.6) is 0 Å². The van der Waals surface area contributed by atoms with Gasteiger partial charge in [-0.25, -0.2) is 0 Å². The number of carboxylic acid groups (broad SMARTS) is 1. The number of hydrogen-bond donors (Lipinski definition) is 1. The van der Waals surface area contributed by atoms with Gasteiger partial charge in [-0.3, -0.25) is 9.59 Å². The second-order valence-corrected chi connectivity index (χ2v) is 3.56. The minimum absolute atomic E-state index is 0.243. The molecule has 0 aromatic carbocycles. The highest BCUT2D eigenvalue weighted by Gasteiger charge is 2.14. The first-order valence-corrected chi connectivity index (χ1v) is 5.04. The molecule has 0 saturated heterocycles. The first kappa shape index (κ1) is 13.9. The van der Waals surface area contributed by atoms with Crippen molar-refractivity contribution in [1.29, 1.82) is 0 Å². The maximum atomic E-state index is 11.0. The molecular formula is C10H19NO4. The van der Waals surface area contributed by atoms with Crippen LogP contribution in [0.1, 0.15) is 20.3 Å². The fourth-order valence-electron chi connectivity index (χ4n) is 1.15. The van der Waals surface area contributed by atoms with Crippen LogP contribution in [-0.4, -0.2) is 48.7 Å². The van der Waals surface area contributed by atoms with Gasteiger partial charge in [-0.2, -0.15) is 0 Å². The van der Waals surface area contributed by atoms with Crippen molar-refractivity contribution in [2.45, 2.75) is 20.3 Å². The Hall–Kier alpha value is -1.10. The summed E-state index contributed by atoms with van der Waals surface area (Å²) < 4.78 is 4.76. The zero-order valence-corrected chi connectivity index (χ0v) is 9.52. The Labute approximate surface area is 90.0 Å². The van der Waals surface area contributed by atoms with E-state index < -0.39 is 11.9 Å². The van der Waals surface area contributed by atoms with Crippen LogP contribution < -0.4 is 0 Å². The van der Waals surface area contributed by atoms with Gasteiger partial charge in [0.1, 0.15) is 0 Å². The molecule has 5 nitrogen and oxygen atoms in total. The number of aliphatic carboxylic acids is 1. The normalized spacial score (nSPS) is 12.5. The van der Waals surface area contributed by atoms with Crippen molar-refractivity contribution in [3.63, 3.8) is 0 Å². The number of rotatable bonds is 7. The van der Waals surface area contributed by atoms with Gasteiger partial charge in [-0.15, -0.1) is 0 Å². The highest BCUT2D eigenvalue weighted by atomic mass is 16.5. The molecule has 15 heavy (non-hydrogen) atoms. The molecule has 0 aromatic rings. The van der Waals surface area contributed by atoms with Crippen molar-refractivity contribution in [3.05, 3.63) is 0 Å². The third-order valence-electron chi connectivity index (χ3n) is 2.01. The summed E-state index contributed by atoms with van der Waals surface area (Å²) in [6.45, 7) is 4.75. The molecule has 5 heteroatoms. The van der Waals surface area contributed by atoms with Crippen molar-refractivity contribution >= 4 is 11.9 Å². The van der Waals surface area contributed by atoms with E-state index in [0.29, 0.717) is 26.1 Å². The van der Waals surface area contributed by atoms with Gasteiger partial charge in [-0.1, -0.05) is 6.92 Å². The van der Waals surface area contributed by atoms with Crippen LogP contribution >= 0.6 is 0 Å². The second-order valence-electron chi connectivity index (χ2n) is 3.56. The van der Waals surface area contributed by atoms with E-state index >= 15 is 0 Å². The summed E-state index contributed by atoms with van der Waals surface area (Å²) >= 11 is 0. The molecule has 1 N–H and O–H groups in total. The van der Waals surface area contributed by atoms with Gasteiger partial charge >= 0.3 is 11.9 Å². The minimum Gasteiger partial charge on any atom is -0.481 e. The quantitative estimate of drug-likeness (QED) is 0.632. The molecule has 0 aliphatic carbocycles. The predicted octanol–water partition coefficient (Wildman–Crippen LogP) is 0.592. The number of nitrogens with zero attached hydrogens (tertiary/aromatic N) is 1. The van der Waals surface area contributed by atoms with E-state index in [9.17, 15) is 9.59 Å². The highest BCUT2D eigenvalue weighted by molar-refractivity contribution is 5.70. The number of hydrogen-bond acceptors (Lipinski definition) is 4. The molecule has 0 radical (unpaired) electrons. The number of esters is 1. The number of carboxylic acids is 1. The summed E-state index contributed by atoms with van der Waals surface area (Å²) in [5, 5.41) is 8.67. The summed E-state index contributed by atoms with van der Waals surface area (Å²) in [7, 11) is 1.79. The topological polar surface area (TPSA) is 66.8 Å². The van der Waals surface area contributed by atoms with Crippen molar-refractivity contribution < 1.29 is 19.4 Å². The maximum absolute atomic E-state index is 11.0. The van der Waals surface area contributed by atoms with E-state index in [-0.39, 0.29) is 5.97 Å². The lowest BCUT2D eigenvalue weighted by molar-refractivity contribution is -0.143. The molecule has 0 amide bonds. The van der Waals surface area contributed by atoms with Gasteiger partial charge in [0.15, 0.2) is 0 Å². The van der Waals surface area contributed by atoms with E-state index in [0.717, 1.165) is 0 Å². The lowest BCUT2D eigenvalue weighted by atomic mass is 10.2. The van der Waals surface area contributed by atoms with Gasteiger partial charge in [0.25, 0.3) is 0 Å². The molecule has 0 fully saturated rings. The largest absolute Gasteiger partial charge is 0.481 e. The molecule has 1 atom stereocenters. The van der Waals surface area contributed by atoms with E-state index in [2.05, 4.69) is 0 Å². The Kier molecular flexibility index (Phi) is 6.70. The summed E-state index contributed by atoms with van der Waals surface area (Å²) in [4.78, 5) is 23.4. The fraction of sp³-hybridized carbons (Fsp3) is 0.800. The van der Waals surface area contributed by atoms with Crippen LogP contribution in [0.3, 0.4) is 0 Å². The van der Waals surface area contributed by atoms with Crippen LogP contribution in [0.4, 0.5) is 0 Å². The van der Waals surface area contributed by atoms with Crippen molar-refractivity contribution in [2.24, 2.45) is 5.92 Å². The van der Waals surface area contributed by atoms with Gasteiger partial charge in [0, 0.05) is 13.1 Å². The van der Waals surface area contributed by atoms with Crippen LogP contribution in [0.25, 0.3) is 0 Å². The molecule has 0 aromatic heterocycles. The van der Waals surface area contributed by atoms with Crippen molar-refractivity contribution in [3.8, 4) is 0 Å². The van der Waals surface area contributed by atoms with Gasteiger partial charge in [-0.05, 0) is 14.0 Å². The first-order chi connectivity index (χ1) is 6.97. The van der Waals surface area contributed by atoms with Crippen LogP contribution in [-0.2, 0) is 14.3 Å². The third kappa shape index (κ3) is 6.90. The third-order valence-corrected chi connectivity index (χ3v) is 2.01. The number of ether oxygens (including phenoxy) is 1. The van der Waals surface area contributed by atoms with E-state index in [1.165, 1.54) is 0 Å². The number of carbonyl (C=O) groups is 2. The standard InChI is InChI=1S/C10H19NO4/c1-4-15-9(12)5-6-11(3)7-8(2)10(13)14/h8H,4-7H2,1-3H3,(H,13,14). The van der Waals surface area contributed by atoms with Gasteiger partial charge < -0.3 is 14.7 Å². The average molecular weight is 217 g/mol. The molecule has 0 rings (SSSR count). The molecule has 0 bridgehead atoms. The minimum atomic E-state index is -0.821. The molecule has 0 heterocycles. The lowest BCUT2D eigenvalue weighted by Gasteiger charge is -2.18. The Morgan fingerprint density at radius 2 is 2.07 bits per heavy atom. The Bertz CT molecular complexity index is 217. The maximum Gasteiger partial charge on any atom is 0.307 e.